The normalized spacial score (nSPS) is 14.6. The molecule has 0 aliphatic heterocycles. The predicted octanol–water partition coefficient (Wildman–Crippen LogP) is 5.85. The molecule has 0 unspecified atom stereocenters. The molecule has 0 radical (unpaired) electrons. The monoisotopic (exact) mass is 374 g/mol. The van der Waals surface area contributed by atoms with Crippen molar-refractivity contribution in [2.24, 2.45) is 0 Å². The summed E-state index contributed by atoms with van der Waals surface area (Å²) < 4.78 is 2.15. The van der Waals surface area contributed by atoms with Gasteiger partial charge in [0, 0.05) is 8.95 Å². The van der Waals surface area contributed by atoms with Gasteiger partial charge in [0.05, 0.1) is 5.41 Å². The van der Waals surface area contributed by atoms with Gasteiger partial charge in [-0.2, -0.15) is 0 Å². The van der Waals surface area contributed by atoms with Crippen molar-refractivity contribution in [2.75, 3.05) is 0 Å². The SMILES string of the molecule is C=CC1(C=C)c2cc(Br)ccc2-c2ccc(Br)cc21. The Hall–Kier alpha value is -1.12. The molecule has 0 N–H and O–H groups in total. The molecule has 2 heteroatoms. The third-order valence-electron chi connectivity index (χ3n) is 3.79. The molecule has 19 heavy (non-hydrogen) atoms. The number of fused-ring (bicyclic) bond motifs is 3. The van der Waals surface area contributed by atoms with Gasteiger partial charge in [0.1, 0.15) is 0 Å². The summed E-state index contributed by atoms with van der Waals surface area (Å²) in [6.07, 6.45) is 3.95. The van der Waals surface area contributed by atoms with E-state index in [0.29, 0.717) is 0 Å². The zero-order chi connectivity index (χ0) is 13.6. The highest BCUT2D eigenvalue weighted by Gasteiger charge is 2.38. The van der Waals surface area contributed by atoms with Gasteiger partial charge in [0.15, 0.2) is 0 Å². The minimum Gasteiger partial charge on any atom is -0.102 e. The van der Waals surface area contributed by atoms with Crippen LogP contribution in [0.2, 0.25) is 0 Å². The lowest BCUT2D eigenvalue weighted by molar-refractivity contribution is 0.848. The first-order chi connectivity index (χ1) is 9.12. The first-order valence-corrected chi connectivity index (χ1v) is 7.58. The zero-order valence-corrected chi connectivity index (χ0v) is 13.5. The standard InChI is InChI=1S/C17H12Br2/c1-3-17(4-2)15-9-11(18)5-7-13(15)14-8-6-12(19)10-16(14)17/h3-10H,1-2H2. The van der Waals surface area contributed by atoms with Crippen LogP contribution in [-0.4, -0.2) is 0 Å². The topological polar surface area (TPSA) is 0 Å². The Morgan fingerprint density at radius 2 is 1.21 bits per heavy atom. The van der Waals surface area contributed by atoms with Crippen LogP contribution >= 0.6 is 31.9 Å². The van der Waals surface area contributed by atoms with Crippen LogP contribution < -0.4 is 0 Å². The average Bonchev–Trinajstić information content (AvgIpc) is 2.67. The molecule has 0 aromatic heterocycles. The Morgan fingerprint density at radius 1 is 0.789 bits per heavy atom. The first kappa shape index (κ1) is 12.9. The lowest BCUT2D eigenvalue weighted by Gasteiger charge is -2.24. The Balaban J connectivity index is 2.45. The van der Waals surface area contributed by atoms with E-state index in [1.807, 2.05) is 12.2 Å². The van der Waals surface area contributed by atoms with Crippen molar-refractivity contribution in [1.29, 1.82) is 0 Å². The van der Waals surface area contributed by atoms with Crippen molar-refractivity contribution >= 4 is 31.9 Å². The van der Waals surface area contributed by atoms with Gasteiger partial charge in [-0.25, -0.2) is 0 Å². The second kappa shape index (κ2) is 4.46. The summed E-state index contributed by atoms with van der Waals surface area (Å²) >= 11 is 7.11. The van der Waals surface area contributed by atoms with Gasteiger partial charge in [-0.3, -0.25) is 0 Å². The number of hydrogen-bond donors (Lipinski definition) is 0. The van der Waals surface area contributed by atoms with Crippen LogP contribution in [0.4, 0.5) is 0 Å². The van der Waals surface area contributed by atoms with Gasteiger partial charge in [-0.15, -0.1) is 13.2 Å². The molecule has 0 amide bonds. The van der Waals surface area contributed by atoms with Crippen LogP contribution in [0.3, 0.4) is 0 Å². The molecule has 0 saturated carbocycles. The van der Waals surface area contributed by atoms with Gasteiger partial charge in [0.25, 0.3) is 0 Å². The molecule has 1 aliphatic rings. The highest BCUT2D eigenvalue weighted by atomic mass is 79.9. The van der Waals surface area contributed by atoms with E-state index >= 15 is 0 Å². The zero-order valence-electron chi connectivity index (χ0n) is 10.3. The maximum absolute atomic E-state index is 4.04. The molecule has 0 bridgehead atoms. The van der Waals surface area contributed by atoms with Crippen molar-refractivity contribution in [3.8, 4) is 11.1 Å². The third-order valence-corrected chi connectivity index (χ3v) is 4.78. The molecular weight excluding hydrogens is 364 g/mol. The quantitative estimate of drug-likeness (QED) is 0.577. The van der Waals surface area contributed by atoms with Crippen molar-refractivity contribution in [3.05, 3.63) is 81.8 Å². The van der Waals surface area contributed by atoms with Crippen LogP contribution in [0.1, 0.15) is 11.1 Å². The van der Waals surface area contributed by atoms with Crippen LogP contribution in [0, 0.1) is 0 Å². The number of rotatable bonds is 2. The summed E-state index contributed by atoms with van der Waals surface area (Å²) in [5.41, 5.74) is 4.68. The molecule has 0 heterocycles. The molecule has 0 spiro atoms. The second-order valence-corrected chi connectivity index (χ2v) is 6.49. The summed E-state index contributed by atoms with van der Waals surface area (Å²) in [4.78, 5) is 0. The minimum absolute atomic E-state index is 0.307. The minimum atomic E-state index is -0.307. The van der Waals surface area contributed by atoms with Crippen molar-refractivity contribution < 1.29 is 0 Å². The molecule has 1 aliphatic carbocycles. The molecule has 0 saturated heterocycles. The van der Waals surface area contributed by atoms with Crippen molar-refractivity contribution in [1.82, 2.24) is 0 Å². The molecule has 94 valence electrons. The molecule has 3 rings (SSSR count). The van der Waals surface area contributed by atoms with E-state index in [1.165, 1.54) is 22.3 Å². The fourth-order valence-electron chi connectivity index (χ4n) is 2.86. The van der Waals surface area contributed by atoms with Gasteiger partial charge in [-0.1, -0.05) is 56.1 Å². The summed E-state index contributed by atoms with van der Waals surface area (Å²) in [5.74, 6) is 0. The van der Waals surface area contributed by atoms with Crippen LogP contribution in [0.15, 0.2) is 70.7 Å². The number of allylic oxidation sites excluding steroid dienone is 2. The Labute approximate surface area is 130 Å². The predicted molar refractivity (Wildman–Crippen MR) is 88.5 cm³/mol. The van der Waals surface area contributed by atoms with E-state index in [0.717, 1.165) is 8.95 Å². The average molecular weight is 376 g/mol. The van der Waals surface area contributed by atoms with E-state index in [1.54, 1.807) is 0 Å². The Kier molecular flexibility index (Phi) is 3.03. The highest BCUT2D eigenvalue weighted by Crippen LogP contribution is 2.51. The lowest BCUT2D eigenvalue weighted by atomic mass is 9.78. The lowest BCUT2D eigenvalue weighted by Crippen LogP contribution is -2.18. The van der Waals surface area contributed by atoms with E-state index < -0.39 is 0 Å². The summed E-state index contributed by atoms with van der Waals surface area (Å²) in [6, 6.07) is 12.8. The fraction of sp³-hybridized carbons (Fsp3) is 0.0588. The summed E-state index contributed by atoms with van der Waals surface area (Å²) in [6.45, 7) is 8.08. The third kappa shape index (κ3) is 1.70. The molecule has 2 aromatic rings. The van der Waals surface area contributed by atoms with E-state index in [2.05, 4.69) is 81.4 Å². The number of benzene rings is 2. The Bertz CT molecular complexity index is 637. The van der Waals surface area contributed by atoms with Gasteiger partial charge in [0.2, 0.25) is 0 Å². The molecular formula is C17H12Br2. The van der Waals surface area contributed by atoms with Gasteiger partial charge in [-0.05, 0) is 46.5 Å². The van der Waals surface area contributed by atoms with E-state index in [-0.39, 0.29) is 5.41 Å². The van der Waals surface area contributed by atoms with E-state index in [4.69, 9.17) is 0 Å². The number of hydrogen-bond acceptors (Lipinski definition) is 0. The van der Waals surface area contributed by atoms with Crippen molar-refractivity contribution in [3.63, 3.8) is 0 Å². The van der Waals surface area contributed by atoms with Gasteiger partial charge < -0.3 is 0 Å². The smallest absolute Gasteiger partial charge is 0.0570 e. The second-order valence-electron chi connectivity index (χ2n) is 4.66. The molecule has 0 fully saturated rings. The van der Waals surface area contributed by atoms with Crippen molar-refractivity contribution in [2.45, 2.75) is 5.41 Å². The first-order valence-electron chi connectivity index (χ1n) is 6.00. The maximum Gasteiger partial charge on any atom is 0.0570 e. The number of halogens is 2. The van der Waals surface area contributed by atoms with E-state index in [9.17, 15) is 0 Å². The van der Waals surface area contributed by atoms with Gasteiger partial charge >= 0.3 is 0 Å². The molecule has 2 aromatic carbocycles. The fourth-order valence-corrected chi connectivity index (χ4v) is 3.58. The Morgan fingerprint density at radius 3 is 1.58 bits per heavy atom. The largest absolute Gasteiger partial charge is 0.102 e. The van der Waals surface area contributed by atoms with Crippen LogP contribution in [0.5, 0.6) is 0 Å². The summed E-state index contributed by atoms with van der Waals surface area (Å²) in [5, 5.41) is 0. The molecule has 0 atom stereocenters. The highest BCUT2D eigenvalue weighted by molar-refractivity contribution is 9.10. The molecule has 0 nitrogen and oxygen atoms in total. The van der Waals surface area contributed by atoms with Crippen LogP contribution in [-0.2, 0) is 5.41 Å². The van der Waals surface area contributed by atoms with Crippen LogP contribution in [0.25, 0.3) is 11.1 Å². The maximum atomic E-state index is 4.04. The summed E-state index contributed by atoms with van der Waals surface area (Å²) in [7, 11) is 0.